The monoisotopic (exact) mass is 419 g/mol. The number of rotatable bonds is 8. The van der Waals surface area contributed by atoms with Crippen molar-refractivity contribution in [2.75, 3.05) is 6.61 Å². The Morgan fingerprint density at radius 3 is 2.39 bits per heavy atom. The maximum Gasteiger partial charge on any atom is 0.359 e. The van der Waals surface area contributed by atoms with Crippen LogP contribution in [0.5, 0.6) is 0 Å². The molecule has 0 spiro atoms. The van der Waals surface area contributed by atoms with Gasteiger partial charge in [0.05, 0.1) is 12.6 Å². The van der Waals surface area contributed by atoms with Gasteiger partial charge in [-0.2, -0.15) is 5.10 Å². The lowest BCUT2D eigenvalue weighted by Gasteiger charge is -2.15. The molecule has 1 heterocycles. The van der Waals surface area contributed by atoms with Gasteiger partial charge < -0.3 is 10.1 Å². The molecule has 7 heteroatoms. The summed E-state index contributed by atoms with van der Waals surface area (Å²) in [5.41, 5.74) is 2.69. The van der Waals surface area contributed by atoms with E-state index in [9.17, 15) is 14.4 Å². The Bertz CT molecular complexity index is 1090. The van der Waals surface area contributed by atoms with Gasteiger partial charge in [-0.1, -0.05) is 61.5 Å². The molecule has 7 nitrogen and oxygen atoms in total. The molecule has 1 unspecified atom stereocenters. The smallest absolute Gasteiger partial charge is 0.359 e. The fourth-order valence-corrected chi connectivity index (χ4v) is 3.04. The number of esters is 1. The van der Waals surface area contributed by atoms with Crippen LogP contribution in [0.15, 0.2) is 71.5 Å². The van der Waals surface area contributed by atoms with Gasteiger partial charge in [-0.25, -0.2) is 9.48 Å². The van der Waals surface area contributed by atoms with E-state index in [1.165, 1.54) is 22.4 Å². The number of nitrogens with one attached hydrogen (secondary N) is 1. The highest BCUT2D eigenvalue weighted by Gasteiger charge is 2.15. The molecule has 0 radical (unpaired) electrons. The number of amides is 1. The topological polar surface area (TPSA) is 90.3 Å². The molecule has 0 aliphatic carbocycles. The first-order chi connectivity index (χ1) is 15.0. The molecule has 3 rings (SSSR count). The maximum atomic E-state index is 12.3. The van der Waals surface area contributed by atoms with E-state index in [0.29, 0.717) is 0 Å². The normalized spacial score (nSPS) is 11.5. The van der Waals surface area contributed by atoms with Crippen LogP contribution in [0, 0.1) is 0 Å². The molecule has 160 valence electrons. The highest BCUT2D eigenvalue weighted by Crippen LogP contribution is 2.13. The van der Waals surface area contributed by atoms with Crippen molar-refractivity contribution >= 4 is 11.9 Å². The van der Waals surface area contributed by atoms with E-state index < -0.39 is 18.5 Å². The Morgan fingerprint density at radius 1 is 1.00 bits per heavy atom. The molecule has 0 saturated carbocycles. The van der Waals surface area contributed by atoms with Crippen molar-refractivity contribution in [1.82, 2.24) is 15.1 Å². The second-order valence-electron chi connectivity index (χ2n) is 7.16. The van der Waals surface area contributed by atoms with Crippen LogP contribution in [0.2, 0.25) is 0 Å². The highest BCUT2D eigenvalue weighted by atomic mass is 16.5. The minimum Gasteiger partial charge on any atom is -0.451 e. The van der Waals surface area contributed by atoms with Gasteiger partial charge in [0.1, 0.15) is 0 Å². The third-order valence-electron chi connectivity index (χ3n) is 4.85. The summed E-state index contributed by atoms with van der Waals surface area (Å²) in [5.74, 6) is -1.19. The predicted molar refractivity (Wildman–Crippen MR) is 117 cm³/mol. The lowest BCUT2D eigenvalue weighted by atomic mass is 10.1. The third kappa shape index (κ3) is 6.12. The van der Waals surface area contributed by atoms with E-state index >= 15 is 0 Å². The second kappa shape index (κ2) is 10.3. The van der Waals surface area contributed by atoms with E-state index in [-0.39, 0.29) is 23.8 Å². The highest BCUT2D eigenvalue weighted by molar-refractivity contribution is 5.89. The van der Waals surface area contributed by atoms with E-state index in [4.69, 9.17) is 4.74 Å². The summed E-state index contributed by atoms with van der Waals surface area (Å²) in [6.45, 7) is 3.74. The summed E-state index contributed by atoms with van der Waals surface area (Å²) in [6, 6.07) is 19.6. The number of aryl methyl sites for hydroxylation is 1. The van der Waals surface area contributed by atoms with E-state index in [2.05, 4.69) is 17.3 Å². The molecule has 0 saturated heterocycles. The first-order valence-electron chi connectivity index (χ1n) is 10.1. The number of carbonyl (C=O) groups is 2. The molecule has 0 aliphatic rings. The average molecular weight is 419 g/mol. The Morgan fingerprint density at radius 2 is 1.71 bits per heavy atom. The molecule has 1 aromatic heterocycles. The Labute approximate surface area is 180 Å². The van der Waals surface area contributed by atoms with Crippen LogP contribution in [0.4, 0.5) is 0 Å². The maximum absolute atomic E-state index is 12.3. The molecule has 31 heavy (non-hydrogen) atoms. The molecule has 2 aromatic carbocycles. The number of ether oxygens (including phenoxy) is 1. The number of aromatic nitrogens is 2. The van der Waals surface area contributed by atoms with Crippen LogP contribution in [-0.4, -0.2) is 28.3 Å². The zero-order valence-corrected chi connectivity index (χ0v) is 17.6. The molecule has 1 atom stereocenters. The van der Waals surface area contributed by atoms with Crippen LogP contribution in [-0.2, 0) is 22.5 Å². The van der Waals surface area contributed by atoms with Crippen molar-refractivity contribution in [1.29, 1.82) is 0 Å². The number of benzene rings is 2. The standard InChI is InChI=1S/C24H25N3O4/c1-3-18-9-11-20(12-10-18)17(2)25-22(28)16-31-24(30)21-13-14-23(29)27(26-21)15-19-7-5-4-6-8-19/h4-14,17H,3,15-16H2,1-2H3,(H,25,28). The SMILES string of the molecule is CCc1ccc(C(C)NC(=O)COC(=O)c2ccc(=O)n(Cc3ccccc3)n2)cc1. The van der Waals surface area contributed by atoms with Gasteiger partial charge in [0, 0.05) is 6.07 Å². The second-order valence-corrected chi connectivity index (χ2v) is 7.16. The van der Waals surface area contributed by atoms with Crippen LogP contribution < -0.4 is 10.9 Å². The number of hydrogen-bond acceptors (Lipinski definition) is 5. The number of carbonyl (C=O) groups excluding carboxylic acids is 2. The fourth-order valence-electron chi connectivity index (χ4n) is 3.04. The minimum absolute atomic E-state index is 0.0356. The first-order valence-corrected chi connectivity index (χ1v) is 10.1. The summed E-state index contributed by atoms with van der Waals surface area (Å²) in [4.78, 5) is 36.5. The van der Waals surface area contributed by atoms with E-state index in [0.717, 1.165) is 17.5 Å². The Kier molecular flexibility index (Phi) is 7.32. The van der Waals surface area contributed by atoms with Gasteiger partial charge >= 0.3 is 5.97 Å². The van der Waals surface area contributed by atoms with Gasteiger partial charge in [0.2, 0.25) is 0 Å². The molecule has 0 fully saturated rings. The van der Waals surface area contributed by atoms with Crippen molar-refractivity contribution in [3.05, 3.63) is 99.5 Å². The molecule has 0 aliphatic heterocycles. The summed E-state index contributed by atoms with van der Waals surface area (Å²) < 4.78 is 6.27. The number of nitrogens with zero attached hydrogens (tertiary/aromatic N) is 2. The van der Waals surface area contributed by atoms with Crippen LogP contribution in [0.25, 0.3) is 0 Å². The van der Waals surface area contributed by atoms with Gasteiger partial charge in [0.25, 0.3) is 11.5 Å². The molecule has 3 aromatic rings. The van der Waals surface area contributed by atoms with Crippen molar-refractivity contribution < 1.29 is 14.3 Å². The summed E-state index contributed by atoms with van der Waals surface area (Å²) >= 11 is 0. The summed E-state index contributed by atoms with van der Waals surface area (Å²) in [6.07, 6.45) is 0.948. The lowest BCUT2D eigenvalue weighted by Crippen LogP contribution is -2.31. The van der Waals surface area contributed by atoms with E-state index in [1.54, 1.807) is 0 Å². The summed E-state index contributed by atoms with van der Waals surface area (Å²) in [7, 11) is 0. The Balaban J connectivity index is 1.56. The largest absolute Gasteiger partial charge is 0.451 e. The van der Waals surface area contributed by atoms with Crippen molar-refractivity contribution in [2.24, 2.45) is 0 Å². The van der Waals surface area contributed by atoms with E-state index in [1.807, 2.05) is 61.5 Å². The molecule has 0 bridgehead atoms. The minimum atomic E-state index is -0.767. The number of hydrogen-bond donors (Lipinski definition) is 1. The third-order valence-corrected chi connectivity index (χ3v) is 4.85. The van der Waals surface area contributed by atoms with Gasteiger partial charge in [-0.05, 0) is 36.1 Å². The zero-order valence-electron chi connectivity index (χ0n) is 17.6. The fraction of sp³-hybridized carbons (Fsp3) is 0.250. The van der Waals surface area contributed by atoms with Crippen LogP contribution >= 0.6 is 0 Å². The summed E-state index contributed by atoms with van der Waals surface area (Å²) in [5, 5.41) is 6.87. The first kappa shape index (κ1) is 22.0. The van der Waals surface area contributed by atoms with Crippen molar-refractivity contribution in [2.45, 2.75) is 32.9 Å². The molecular formula is C24H25N3O4. The predicted octanol–water partition coefficient (Wildman–Crippen LogP) is 2.89. The van der Waals surface area contributed by atoms with Gasteiger partial charge in [0.15, 0.2) is 12.3 Å². The molecule has 1 N–H and O–H groups in total. The van der Waals surface area contributed by atoms with Gasteiger partial charge in [-0.15, -0.1) is 0 Å². The van der Waals surface area contributed by atoms with Crippen molar-refractivity contribution in [3.63, 3.8) is 0 Å². The lowest BCUT2D eigenvalue weighted by molar-refractivity contribution is -0.124. The Hall–Kier alpha value is -3.74. The molecular weight excluding hydrogens is 394 g/mol. The average Bonchev–Trinajstić information content (AvgIpc) is 2.79. The van der Waals surface area contributed by atoms with Gasteiger partial charge in [-0.3, -0.25) is 9.59 Å². The van der Waals surface area contributed by atoms with Crippen LogP contribution in [0.1, 0.15) is 47.1 Å². The van der Waals surface area contributed by atoms with Crippen LogP contribution in [0.3, 0.4) is 0 Å². The zero-order chi connectivity index (χ0) is 22.2. The quantitative estimate of drug-likeness (QED) is 0.567. The molecule has 1 amide bonds. The van der Waals surface area contributed by atoms with Crippen molar-refractivity contribution in [3.8, 4) is 0 Å².